The largest absolute Gasteiger partial charge is 0.433 e. The molecule has 4 rings (SSSR count). The maximum absolute atomic E-state index is 12.9. The second-order valence-corrected chi connectivity index (χ2v) is 8.24. The summed E-state index contributed by atoms with van der Waals surface area (Å²) in [5.74, 6) is -0.274. The van der Waals surface area contributed by atoms with Gasteiger partial charge in [0.05, 0.1) is 6.54 Å². The van der Waals surface area contributed by atoms with Crippen molar-refractivity contribution in [3.8, 4) is 0 Å². The number of nitrogens with zero attached hydrogens (tertiary/aromatic N) is 4. The van der Waals surface area contributed by atoms with Gasteiger partial charge in [-0.1, -0.05) is 0 Å². The summed E-state index contributed by atoms with van der Waals surface area (Å²) < 4.78 is 38.8. The summed E-state index contributed by atoms with van der Waals surface area (Å²) in [7, 11) is 0. The molecule has 0 aromatic carbocycles. The summed E-state index contributed by atoms with van der Waals surface area (Å²) in [6.45, 7) is 3.76. The zero-order valence-corrected chi connectivity index (χ0v) is 16.2. The summed E-state index contributed by atoms with van der Waals surface area (Å²) in [5, 5.41) is 0. The molecule has 4 heterocycles. The van der Waals surface area contributed by atoms with E-state index in [9.17, 15) is 22.8 Å². The smallest absolute Gasteiger partial charge is 0.342 e. The maximum atomic E-state index is 12.9. The average molecular weight is 410 g/mol. The van der Waals surface area contributed by atoms with Gasteiger partial charge in [-0.3, -0.25) is 19.5 Å². The summed E-state index contributed by atoms with van der Waals surface area (Å²) in [4.78, 5) is 34.4. The first-order valence-electron chi connectivity index (χ1n) is 10.1. The Balaban J connectivity index is 1.44. The molecule has 0 aliphatic carbocycles. The van der Waals surface area contributed by atoms with Crippen LogP contribution in [0.1, 0.15) is 48.2 Å². The number of amides is 2. The number of likely N-dealkylation sites (tertiary alicyclic amines) is 3. The van der Waals surface area contributed by atoms with E-state index >= 15 is 0 Å². The molecule has 9 heteroatoms. The van der Waals surface area contributed by atoms with E-state index in [2.05, 4.69) is 9.88 Å². The molecule has 0 bridgehead atoms. The van der Waals surface area contributed by atoms with E-state index in [-0.39, 0.29) is 17.0 Å². The van der Waals surface area contributed by atoms with Crippen LogP contribution in [0.2, 0.25) is 0 Å². The fourth-order valence-electron chi connectivity index (χ4n) is 4.71. The Morgan fingerprint density at radius 1 is 1.03 bits per heavy atom. The van der Waals surface area contributed by atoms with Crippen LogP contribution in [-0.2, 0) is 11.0 Å². The van der Waals surface area contributed by atoms with Gasteiger partial charge in [0, 0.05) is 50.0 Å². The molecule has 3 aliphatic heterocycles. The van der Waals surface area contributed by atoms with Crippen LogP contribution < -0.4 is 0 Å². The Labute approximate surface area is 167 Å². The van der Waals surface area contributed by atoms with Gasteiger partial charge in [-0.05, 0) is 44.2 Å². The second kappa shape index (κ2) is 7.59. The lowest BCUT2D eigenvalue weighted by atomic mass is 9.77. The molecule has 158 valence electrons. The Kier molecular flexibility index (Phi) is 5.27. The van der Waals surface area contributed by atoms with Gasteiger partial charge in [-0.15, -0.1) is 0 Å². The zero-order chi connectivity index (χ0) is 20.6. The van der Waals surface area contributed by atoms with Crippen molar-refractivity contribution >= 4 is 11.8 Å². The van der Waals surface area contributed by atoms with E-state index < -0.39 is 17.8 Å². The molecular weight excluding hydrogens is 385 g/mol. The number of carbonyl (C=O) groups excluding carboxylic acids is 2. The minimum Gasteiger partial charge on any atom is -0.342 e. The highest BCUT2D eigenvalue weighted by Crippen LogP contribution is 2.39. The number of rotatable bonds is 3. The van der Waals surface area contributed by atoms with Crippen molar-refractivity contribution in [2.45, 2.75) is 43.8 Å². The van der Waals surface area contributed by atoms with Gasteiger partial charge < -0.3 is 9.80 Å². The highest BCUT2D eigenvalue weighted by molar-refractivity contribution is 5.94. The highest BCUT2D eigenvalue weighted by Gasteiger charge is 2.49. The third kappa shape index (κ3) is 3.97. The molecule has 0 saturated carbocycles. The van der Waals surface area contributed by atoms with Crippen LogP contribution in [0.15, 0.2) is 18.3 Å². The van der Waals surface area contributed by atoms with Crippen molar-refractivity contribution in [2.24, 2.45) is 0 Å². The molecular formula is C20H25F3N4O2. The van der Waals surface area contributed by atoms with Crippen LogP contribution in [0.5, 0.6) is 0 Å². The first kappa shape index (κ1) is 20.1. The molecule has 0 N–H and O–H groups in total. The Bertz CT molecular complexity index is 794. The Morgan fingerprint density at radius 3 is 2.41 bits per heavy atom. The van der Waals surface area contributed by atoms with Crippen molar-refractivity contribution in [1.29, 1.82) is 0 Å². The van der Waals surface area contributed by atoms with E-state index in [1.807, 2.05) is 4.90 Å². The SMILES string of the molecule is O=C(CN1CC[C@]12CCCN(C(=O)c1ccnc(C(F)(F)F)c1)C2)N1CCCC1. The van der Waals surface area contributed by atoms with Crippen LogP contribution in [0.4, 0.5) is 13.2 Å². The van der Waals surface area contributed by atoms with E-state index in [0.29, 0.717) is 19.6 Å². The number of aromatic nitrogens is 1. The highest BCUT2D eigenvalue weighted by atomic mass is 19.4. The molecule has 3 saturated heterocycles. The van der Waals surface area contributed by atoms with Crippen molar-refractivity contribution in [1.82, 2.24) is 19.7 Å². The fourth-order valence-corrected chi connectivity index (χ4v) is 4.71. The summed E-state index contributed by atoms with van der Waals surface area (Å²) in [6.07, 6.45) is 1.11. The third-order valence-electron chi connectivity index (χ3n) is 6.44. The Hall–Kier alpha value is -2.16. The summed E-state index contributed by atoms with van der Waals surface area (Å²) >= 11 is 0. The number of piperidine rings is 1. The van der Waals surface area contributed by atoms with Crippen LogP contribution in [0.3, 0.4) is 0 Å². The molecule has 1 aromatic heterocycles. The lowest BCUT2D eigenvalue weighted by molar-refractivity contribution is -0.141. The number of carbonyl (C=O) groups is 2. The van der Waals surface area contributed by atoms with Crippen LogP contribution >= 0.6 is 0 Å². The summed E-state index contributed by atoms with van der Waals surface area (Å²) in [6, 6.07) is 2.15. The number of alkyl halides is 3. The number of halogens is 3. The lowest BCUT2D eigenvalue weighted by Gasteiger charge is -2.57. The molecule has 0 radical (unpaired) electrons. The topological polar surface area (TPSA) is 56.8 Å². The van der Waals surface area contributed by atoms with Gasteiger partial charge in [-0.2, -0.15) is 13.2 Å². The molecule has 1 aromatic rings. The van der Waals surface area contributed by atoms with Crippen LogP contribution in [0.25, 0.3) is 0 Å². The van der Waals surface area contributed by atoms with E-state index in [4.69, 9.17) is 0 Å². The molecule has 2 amide bonds. The van der Waals surface area contributed by atoms with Gasteiger partial charge in [0.1, 0.15) is 5.69 Å². The predicted molar refractivity (Wildman–Crippen MR) is 99.1 cm³/mol. The van der Waals surface area contributed by atoms with Gasteiger partial charge in [0.15, 0.2) is 0 Å². The van der Waals surface area contributed by atoms with Crippen molar-refractivity contribution in [3.63, 3.8) is 0 Å². The maximum Gasteiger partial charge on any atom is 0.433 e. The van der Waals surface area contributed by atoms with Crippen molar-refractivity contribution < 1.29 is 22.8 Å². The quantitative estimate of drug-likeness (QED) is 0.768. The second-order valence-electron chi connectivity index (χ2n) is 8.24. The predicted octanol–water partition coefficient (Wildman–Crippen LogP) is 2.40. The number of pyridine rings is 1. The molecule has 1 spiro atoms. The van der Waals surface area contributed by atoms with Gasteiger partial charge in [0.2, 0.25) is 5.91 Å². The first-order valence-corrected chi connectivity index (χ1v) is 10.1. The number of hydrogen-bond acceptors (Lipinski definition) is 4. The standard InChI is InChI=1S/C20H25F3N4O2/c21-20(22,23)16-12-15(4-7-24-16)18(29)26-10-3-5-19(14-26)6-11-27(19)13-17(28)25-8-1-2-9-25/h4,7,12H,1-3,5-6,8-11,13-14H2/t19-/m0/s1. The number of hydrogen-bond donors (Lipinski definition) is 0. The minimum absolute atomic E-state index is 0.00314. The zero-order valence-electron chi connectivity index (χ0n) is 16.2. The normalized spacial score (nSPS) is 25.3. The molecule has 3 aliphatic rings. The van der Waals surface area contributed by atoms with E-state index in [1.54, 1.807) is 4.90 Å². The summed E-state index contributed by atoms with van der Waals surface area (Å²) in [5.41, 5.74) is -1.29. The monoisotopic (exact) mass is 410 g/mol. The average Bonchev–Trinajstić information content (AvgIpc) is 3.25. The van der Waals surface area contributed by atoms with Crippen molar-refractivity contribution in [2.75, 3.05) is 39.3 Å². The minimum atomic E-state index is -4.58. The van der Waals surface area contributed by atoms with Crippen LogP contribution in [0, 0.1) is 0 Å². The molecule has 29 heavy (non-hydrogen) atoms. The van der Waals surface area contributed by atoms with Gasteiger partial charge >= 0.3 is 6.18 Å². The van der Waals surface area contributed by atoms with Gasteiger partial charge in [0.25, 0.3) is 5.91 Å². The lowest BCUT2D eigenvalue weighted by Crippen LogP contribution is -2.68. The molecule has 0 unspecified atom stereocenters. The first-order chi connectivity index (χ1) is 13.8. The van der Waals surface area contributed by atoms with Crippen LogP contribution in [-0.4, -0.2) is 76.3 Å². The van der Waals surface area contributed by atoms with Crippen molar-refractivity contribution in [3.05, 3.63) is 29.6 Å². The molecule has 6 nitrogen and oxygen atoms in total. The molecule has 1 atom stereocenters. The fraction of sp³-hybridized carbons (Fsp3) is 0.650. The van der Waals surface area contributed by atoms with E-state index in [1.165, 1.54) is 6.07 Å². The van der Waals surface area contributed by atoms with Gasteiger partial charge in [-0.25, -0.2) is 0 Å². The third-order valence-corrected chi connectivity index (χ3v) is 6.44. The molecule has 3 fully saturated rings. The Morgan fingerprint density at radius 2 is 1.76 bits per heavy atom. The van der Waals surface area contributed by atoms with E-state index in [0.717, 1.165) is 64.0 Å².